The lowest BCUT2D eigenvalue weighted by Crippen LogP contribution is -2.29. The molecule has 196 valence electrons. The first-order valence-electron chi connectivity index (χ1n) is 11.8. The molecule has 4 rings (SSSR count). The van der Waals surface area contributed by atoms with Crippen molar-refractivity contribution in [1.82, 2.24) is 14.8 Å². The van der Waals surface area contributed by atoms with Crippen LogP contribution in [0.25, 0.3) is 0 Å². The summed E-state index contributed by atoms with van der Waals surface area (Å²) in [6.07, 6.45) is 0.997. The monoisotopic (exact) mass is 562 g/mol. The molecule has 0 amide bonds. The van der Waals surface area contributed by atoms with Gasteiger partial charge in [0.2, 0.25) is 11.1 Å². The lowest BCUT2D eigenvalue weighted by Gasteiger charge is -2.28. The number of anilines is 1. The molecule has 0 fully saturated rings. The predicted octanol–water partition coefficient (Wildman–Crippen LogP) is 6.53. The molecule has 1 aromatic heterocycles. The van der Waals surface area contributed by atoms with Crippen molar-refractivity contribution < 1.29 is 19.0 Å². The van der Waals surface area contributed by atoms with E-state index in [-0.39, 0.29) is 13.2 Å². The summed E-state index contributed by atoms with van der Waals surface area (Å²) >= 11 is 13.9. The number of esters is 1. The number of hydrogen-bond donors (Lipinski definition) is 1. The van der Waals surface area contributed by atoms with Crippen molar-refractivity contribution in [3.05, 3.63) is 68.8 Å². The molecule has 1 N–H and O–H groups in total. The Morgan fingerprint density at radius 3 is 2.68 bits per heavy atom. The van der Waals surface area contributed by atoms with Crippen LogP contribution in [-0.4, -0.2) is 40.2 Å². The number of carbonyl (C=O) groups is 1. The maximum absolute atomic E-state index is 13.1. The molecule has 2 heterocycles. The normalized spacial score (nSPS) is 14.7. The van der Waals surface area contributed by atoms with Crippen LogP contribution in [0.5, 0.6) is 11.5 Å². The molecule has 8 nitrogen and oxygen atoms in total. The molecule has 0 radical (unpaired) electrons. The predicted molar refractivity (Wildman–Crippen MR) is 146 cm³/mol. The standard InChI is InChI=1S/C26H28Cl2N4O4S/c1-5-11-37-26-30-25-29-15(3)22(24(33)35-6-2)23(32(25)31-26)16-8-10-20(21(12-16)34-4)36-14-17-7-9-18(27)13-19(17)28/h7-10,12-13,23H,5-6,11,14H2,1-4H3,(H,29,30,31). The highest BCUT2D eigenvalue weighted by molar-refractivity contribution is 7.99. The number of thioether (sulfide) groups is 1. The third-order valence-electron chi connectivity index (χ3n) is 5.67. The molecule has 1 aliphatic heterocycles. The summed E-state index contributed by atoms with van der Waals surface area (Å²) in [5.74, 6) is 2.07. The van der Waals surface area contributed by atoms with Gasteiger partial charge in [0.15, 0.2) is 11.5 Å². The second kappa shape index (κ2) is 12.1. The first kappa shape index (κ1) is 27.2. The van der Waals surface area contributed by atoms with Crippen LogP contribution in [0.1, 0.15) is 44.4 Å². The van der Waals surface area contributed by atoms with Crippen molar-refractivity contribution in [2.24, 2.45) is 0 Å². The number of nitrogens with zero attached hydrogens (tertiary/aromatic N) is 3. The Kier molecular flexibility index (Phi) is 8.89. The maximum Gasteiger partial charge on any atom is 0.338 e. The molecule has 0 saturated carbocycles. The van der Waals surface area contributed by atoms with Gasteiger partial charge in [-0.1, -0.05) is 54.0 Å². The smallest absolute Gasteiger partial charge is 0.338 e. The fraction of sp³-hybridized carbons (Fsp3) is 0.346. The first-order chi connectivity index (χ1) is 17.9. The van der Waals surface area contributed by atoms with Gasteiger partial charge in [-0.3, -0.25) is 0 Å². The van der Waals surface area contributed by atoms with Gasteiger partial charge in [-0.25, -0.2) is 9.48 Å². The van der Waals surface area contributed by atoms with Crippen LogP contribution in [0.3, 0.4) is 0 Å². The summed E-state index contributed by atoms with van der Waals surface area (Å²) in [7, 11) is 1.57. The Balaban J connectivity index is 1.70. The number of fused-ring (bicyclic) bond motifs is 1. The van der Waals surface area contributed by atoms with Crippen LogP contribution in [0.15, 0.2) is 52.8 Å². The molecule has 37 heavy (non-hydrogen) atoms. The molecule has 1 aliphatic rings. The largest absolute Gasteiger partial charge is 0.493 e. The molecule has 0 saturated heterocycles. The topological polar surface area (TPSA) is 87.5 Å². The van der Waals surface area contributed by atoms with Gasteiger partial charge < -0.3 is 19.5 Å². The number of benzene rings is 2. The number of nitrogens with one attached hydrogen (secondary N) is 1. The minimum absolute atomic E-state index is 0.234. The number of ether oxygens (including phenoxy) is 3. The number of halogens is 2. The van der Waals surface area contributed by atoms with E-state index in [1.54, 1.807) is 42.6 Å². The van der Waals surface area contributed by atoms with E-state index in [9.17, 15) is 4.79 Å². The van der Waals surface area contributed by atoms with Gasteiger partial charge >= 0.3 is 5.97 Å². The zero-order valence-corrected chi connectivity index (χ0v) is 23.3. The van der Waals surface area contributed by atoms with Gasteiger partial charge in [0.1, 0.15) is 12.6 Å². The first-order valence-corrected chi connectivity index (χ1v) is 13.6. The Morgan fingerprint density at radius 2 is 1.97 bits per heavy atom. The van der Waals surface area contributed by atoms with E-state index in [1.165, 1.54) is 0 Å². The minimum atomic E-state index is -0.563. The summed E-state index contributed by atoms with van der Waals surface area (Å²) < 4.78 is 18.8. The minimum Gasteiger partial charge on any atom is -0.493 e. The van der Waals surface area contributed by atoms with Crippen molar-refractivity contribution in [2.45, 2.75) is 45.0 Å². The molecular weight excluding hydrogens is 535 g/mol. The number of rotatable bonds is 10. The van der Waals surface area contributed by atoms with Gasteiger partial charge in [-0.05, 0) is 50.1 Å². The van der Waals surface area contributed by atoms with Crippen LogP contribution in [-0.2, 0) is 16.1 Å². The van der Waals surface area contributed by atoms with E-state index < -0.39 is 12.0 Å². The molecule has 0 spiro atoms. The average Bonchev–Trinajstić information content (AvgIpc) is 3.28. The third-order valence-corrected chi connectivity index (χ3v) is 7.30. The zero-order valence-electron chi connectivity index (χ0n) is 21.0. The molecule has 1 unspecified atom stereocenters. The highest BCUT2D eigenvalue weighted by Gasteiger charge is 2.35. The Labute approximate surface area is 230 Å². The van der Waals surface area contributed by atoms with Crippen molar-refractivity contribution in [2.75, 3.05) is 24.8 Å². The van der Waals surface area contributed by atoms with E-state index in [2.05, 4.69) is 17.2 Å². The van der Waals surface area contributed by atoms with E-state index in [0.717, 1.165) is 23.3 Å². The fourth-order valence-corrected chi connectivity index (χ4v) is 5.08. The van der Waals surface area contributed by atoms with Gasteiger partial charge in [0.25, 0.3) is 0 Å². The number of allylic oxidation sites excluding steroid dienone is 1. The highest BCUT2D eigenvalue weighted by Crippen LogP contribution is 2.40. The Morgan fingerprint density at radius 1 is 1.16 bits per heavy atom. The second-order valence-corrected chi connectivity index (χ2v) is 10.1. The maximum atomic E-state index is 13.1. The molecule has 1 atom stereocenters. The fourth-order valence-electron chi connectivity index (χ4n) is 3.94. The Hall–Kier alpha value is -2.88. The van der Waals surface area contributed by atoms with Crippen LogP contribution in [0, 0.1) is 0 Å². The van der Waals surface area contributed by atoms with Crippen molar-refractivity contribution >= 4 is 46.9 Å². The molecule has 0 bridgehead atoms. The molecule has 3 aromatic rings. The number of hydrogen-bond acceptors (Lipinski definition) is 8. The summed E-state index contributed by atoms with van der Waals surface area (Å²) in [4.78, 5) is 17.7. The van der Waals surface area contributed by atoms with E-state index in [0.29, 0.717) is 43.9 Å². The number of aromatic nitrogens is 3. The van der Waals surface area contributed by atoms with E-state index in [4.69, 9.17) is 42.5 Å². The summed E-state index contributed by atoms with van der Waals surface area (Å²) in [6, 6.07) is 10.2. The van der Waals surface area contributed by atoms with Crippen molar-refractivity contribution in [1.29, 1.82) is 0 Å². The van der Waals surface area contributed by atoms with E-state index in [1.807, 2.05) is 31.2 Å². The lowest BCUT2D eigenvalue weighted by molar-refractivity contribution is -0.139. The summed E-state index contributed by atoms with van der Waals surface area (Å²) in [5.41, 5.74) is 2.68. The van der Waals surface area contributed by atoms with Gasteiger partial charge in [0, 0.05) is 27.1 Å². The summed E-state index contributed by atoms with van der Waals surface area (Å²) in [6.45, 7) is 6.21. The van der Waals surface area contributed by atoms with Crippen LogP contribution in [0.4, 0.5) is 5.95 Å². The van der Waals surface area contributed by atoms with Crippen LogP contribution < -0.4 is 14.8 Å². The molecular formula is C26H28Cl2N4O4S. The molecule has 0 aliphatic carbocycles. The lowest BCUT2D eigenvalue weighted by atomic mass is 9.95. The second-order valence-electron chi connectivity index (χ2n) is 8.23. The molecule has 11 heteroatoms. The van der Waals surface area contributed by atoms with E-state index >= 15 is 0 Å². The number of methoxy groups -OCH3 is 1. The van der Waals surface area contributed by atoms with Crippen molar-refractivity contribution in [3.8, 4) is 11.5 Å². The number of carbonyl (C=O) groups excluding carboxylic acids is 1. The quantitative estimate of drug-likeness (QED) is 0.220. The summed E-state index contributed by atoms with van der Waals surface area (Å²) in [5, 5.41) is 9.64. The molecule has 2 aromatic carbocycles. The van der Waals surface area contributed by atoms with Gasteiger partial charge in [-0.2, -0.15) is 4.98 Å². The Bertz CT molecular complexity index is 1330. The SMILES string of the molecule is CCCSc1nc2n(n1)C(c1ccc(OCc3ccc(Cl)cc3Cl)c(OC)c1)C(C(=O)OCC)=C(C)N2. The van der Waals surface area contributed by atoms with Crippen molar-refractivity contribution in [3.63, 3.8) is 0 Å². The third kappa shape index (κ3) is 6.00. The zero-order chi connectivity index (χ0) is 26.5. The highest BCUT2D eigenvalue weighted by atomic mass is 35.5. The van der Waals surface area contributed by atoms with Crippen LogP contribution in [0.2, 0.25) is 10.0 Å². The average molecular weight is 564 g/mol. The van der Waals surface area contributed by atoms with Gasteiger partial charge in [-0.15, -0.1) is 5.10 Å². The van der Waals surface area contributed by atoms with Crippen LogP contribution >= 0.6 is 35.0 Å². The van der Waals surface area contributed by atoms with Gasteiger partial charge in [0.05, 0.1) is 19.3 Å².